The normalized spacial score (nSPS) is 13.9. The summed E-state index contributed by atoms with van der Waals surface area (Å²) in [6.07, 6.45) is -1.84. The van der Waals surface area contributed by atoms with Crippen LogP contribution in [0.3, 0.4) is 0 Å². The minimum atomic E-state index is -5.08. The smallest absolute Gasteiger partial charge is 0.475 e. The third-order valence-corrected chi connectivity index (χ3v) is 5.93. The van der Waals surface area contributed by atoms with Crippen molar-refractivity contribution < 1.29 is 32.6 Å². The third-order valence-electron chi connectivity index (χ3n) is 5.93. The van der Waals surface area contributed by atoms with Crippen molar-refractivity contribution in [2.75, 3.05) is 11.4 Å². The van der Waals surface area contributed by atoms with Gasteiger partial charge in [0.05, 0.1) is 11.2 Å². The minimum absolute atomic E-state index is 0.0422. The van der Waals surface area contributed by atoms with Gasteiger partial charge in [0, 0.05) is 53.9 Å². The van der Waals surface area contributed by atoms with E-state index in [0.717, 1.165) is 27.8 Å². The summed E-state index contributed by atoms with van der Waals surface area (Å²) in [5.74, 6) is -1.60. The van der Waals surface area contributed by atoms with E-state index in [1.54, 1.807) is 13.1 Å². The summed E-state index contributed by atoms with van der Waals surface area (Å²) in [6, 6.07) is 17.6. The standard InChI is InChI=1S/C25H22N4O2.C2HF3O2/c1-16(30)29-14-25(2,3)20-9-7-18(11-23(20)29)22-13-24(28-15-27-22)31-19-8-6-17-5-4-10-26-21(17)12-19;3-2(4,5)1(6)7/h4-13,15H,14H2,1-3H3;(H,6,7). The van der Waals surface area contributed by atoms with Gasteiger partial charge in [-0.3, -0.25) is 9.78 Å². The maximum atomic E-state index is 12.2. The second-order valence-electron chi connectivity index (χ2n) is 9.23. The number of benzene rings is 2. The van der Waals surface area contributed by atoms with E-state index in [1.165, 1.54) is 11.9 Å². The number of carboxylic acid groups (broad SMARTS) is 1. The van der Waals surface area contributed by atoms with Crippen LogP contribution in [-0.2, 0) is 15.0 Å². The lowest BCUT2D eigenvalue weighted by atomic mass is 9.86. The minimum Gasteiger partial charge on any atom is -0.475 e. The number of aliphatic carboxylic acids is 1. The van der Waals surface area contributed by atoms with Crippen molar-refractivity contribution in [1.29, 1.82) is 0 Å². The molecule has 2 aromatic carbocycles. The molecule has 0 aliphatic carbocycles. The van der Waals surface area contributed by atoms with Crippen LogP contribution >= 0.6 is 0 Å². The Morgan fingerprint density at radius 3 is 2.45 bits per heavy atom. The molecule has 0 spiro atoms. The summed E-state index contributed by atoms with van der Waals surface area (Å²) < 4.78 is 37.7. The molecule has 0 fully saturated rings. The molecule has 1 amide bonds. The van der Waals surface area contributed by atoms with Gasteiger partial charge in [-0.1, -0.05) is 32.0 Å². The monoisotopic (exact) mass is 524 g/mol. The molecule has 2 aromatic heterocycles. The molecular weight excluding hydrogens is 501 g/mol. The number of hydrogen-bond donors (Lipinski definition) is 1. The van der Waals surface area contributed by atoms with Crippen molar-refractivity contribution in [3.63, 3.8) is 0 Å². The zero-order valence-corrected chi connectivity index (χ0v) is 20.7. The fourth-order valence-electron chi connectivity index (χ4n) is 4.12. The van der Waals surface area contributed by atoms with E-state index in [2.05, 4.69) is 34.9 Å². The molecule has 1 aliphatic rings. The predicted molar refractivity (Wildman–Crippen MR) is 134 cm³/mol. The van der Waals surface area contributed by atoms with E-state index in [4.69, 9.17) is 14.6 Å². The van der Waals surface area contributed by atoms with Gasteiger partial charge in [-0.05, 0) is 29.8 Å². The number of fused-ring (bicyclic) bond motifs is 2. The number of hydrogen-bond acceptors (Lipinski definition) is 6. The highest BCUT2D eigenvalue weighted by Crippen LogP contribution is 2.42. The largest absolute Gasteiger partial charge is 0.490 e. The average molecular weight is 524 g/mol. The van der Waals surface area contributed by atoms with Crippen LogP contribution in [0.2, 0.25) is 0 Å². The van der Waals surface area contributed by atoms with Gasteiger partial charge in [0.25, 0.3) is 0 Å². The van der Waals surface area contributed by atoms with E-state index >= 15 is 0 Å². The number of carbonyl (C=O) groups excluding carboxylic acids is 1. The van der Waals surface area contributed by atoms with Crippen molar-refractivity contribution in [2.24, 2.45) is 0 Å². The molecule has 4 aromatic rings. The Kier molecular flexibility index (Phi) is 7.03. The number of carboxylic acids is 1. The Bertz CT molecular complexity index is 1520. The molecule has 0 saturated carbocycles. The van der Waals surface area contributed by atoms with Crippen LogP contribution in [0.1, 0.15) is 26.3 Å². The molecule has 0 bridgehead atoms. The molecule has 1 aliphatic heterocycles. The number of carbonyl (C=O) groups is 2. The lowest BCUT2D eigenvalue weighted by molar-refractivity contribution is -0.192. The second kappa shape index (κ2) is 10.1. The molecule has 3 heterocycles. The predicted octanol–water partition coefficient (Wildman–Crippen LogP) is 5.76. The molecule has 0 atom stereocenters. The van der Waals surface area contributed by atoms with Gasteiger partial charge in [-0.2, -0.15) is 13.2 Å². The molecule has 0 radical (unpaired) electrons. The van der Waals surface area contributed by atoms with Gasteiger partial charge in [0.1, 0.15) is 12.1 Å². The number of nitrogens with zero attached hydrogens (tertiary/aromatic N) is 4. The Morgan fingerprint density at radius 1 is 1.03 bits per heavy atom. The van der Waals surface area contributed by atoms with Crippen LogP contribution in [0.5, 0.6) is 11.6 Å². The van der Waals surface area contributed by atoms with Gasteiger partial charge < -0.3 is 14.7 Å². The lowest BCUT2D eigenvalue weighted by Gasteiger charge is -2.19. The highest BCUT2D eigenvalue weighted by atomic mass is 19.4. The van der Waals surface area contributed by atoms with Crippen LogP contribution in [0.4, 0.5) is 18.9 Å². The fourth-order valence-corrected chi connectivity index (χ4v) is 4.12. The van der Waals surface area contributed by atoms with Crippen molar-refractivity contribution in [1.82, 2.24) is 15.0 Å². The SMILES string of the molecule is CC(=O)N1CC(C)(C)c2ccc(-c3cc(Oc4ccc5cccnc5c4)ncn3)cc21.O=C(O)C(F)(F)F. The van der Waals surface area contributed by atoms with Crippen LogP contribution in [0.15, 0.2) is 67.1 Å². The first-order valence-corrected chi connectivity index (χ1v) is 11.4. The summed E-state index contributed by atoms with van der Waals surface area (Å²) in [4.78, 5) is 36.0. The number of alkyl halides is 3. The zero-order valence-electron chi connectivity index (χ0n) is 20.7. The van der Waals surface area contributed by atoms with E-state index in [1.807, 2.05) is 53.4 Å². The van der Waals surface area contributed by atoms with Gasteiger partial charge in [-0.15, -0.1) is 0 Å². The van der Waals surface area contributed by atoms with Crippen LogP contribution in [-0.4, -0.2) is 44.7 Å². The quantitative estimate of drug-likeness (QED) is 0.363. The maximum Gasteiger partial charge on any atom is 0.490 e. The van der Waals surface area contributed by atoms with Crippen molar-refractivity contribution >= 4 is 28.5 Å². The van der Waals surface area contributed by atoms with E-state index in [9.17, 15) is 18.0 Å². The molecular formula is C27H23F3N4O4. The number of amides is 1. The number of pyridine rings is 1. The van der Waals surface area contributed by atoms with Crippen LogP contribution in [0, 0.1) is 0 Å². The molecule has 8 nitrogen and oxygen atoms in total. The molecule has 11 heteroatoms. The molecule has 0 unspecified atom stereocenters. The van der Waals surface area contributed by atoms with Crippen LogP contribution < -0.4 is 9.64 Å². The number of aromatic nitrogens is 3. The topological polar surface area (TPSA) is 106 Å². The van der Waals surface area contributed by atoms with Gasteiger partial charge >= 0.3 is 12.1 Å². The summed E-state index contributed by atoms with van der Waals surface area (Å²) in [5.41, 5.74) is 4.54. The van der Waals surface area contributed by atoms with Crippen molar-refractivity contribution in [2.45, 2.75) is 32.4 Å². The molecule has 5 rings (SSSR count). The van der Waals surface area contributed by atoms with Gasteiger partial charge in [0.15, 0.2) is 0 Å². The Labute approximate surface area is 215 Å². The van der Waals surface area contributed by atoms with Crippen molar-refractivity contribution in [3.8, 4) is 22.9 Å². The molecule has 1 N–H and O–H groups in total. The first-order valence-electron chi connectivity index (χ1n) is 11.4. The number of rotatable bonds is 3. The lowest BCUT2D eigenvalue weighted by Crippen LogP contribution is -2.31. The highest BCUT2D eigenvalue weighted by molar-refractivity contribution is 5.95. The summed E-state index contributed by atoms with van der Waals surface area (Å²) in [7, 11) is 0. The molecule has 0 saturated heterocycles. The zero-order chi connectivity index (χ0) is 27.7. The summed E-state index contributed by atoms with van der Waals surface area (Å²) in [6.45, 7) is 6.59. The average Bonchev–Trinajstić information content (AvgIpc) is 3.14. The van der Waals surface area contributed by atoms with Gasteiger partial charge in [-0.25, -0.2) is 14.8 Å². The second-order valence-corrected chi connectivity index (χ2v) is 9.23. The first kappa shape index (κ1) is 26.5. The number of halogens is 3. The summed E-state index contributed by atoms with van der Waals surface area (Å²) >= 11 is 0. The third kappa shape index (κ3) is 5.72. The van der Waals surface area contributed by atoms with E-state index < -0.39 is 12.1 Å². The Morgan fingerprint density at radius 2 is 1.76 bits per heavy atom. The Balaban J connectivity index is 0.000000426. The maximum absolute atomic E-state index is 12.2. The van der Waals surface area contributed by atoms with E-state index in [0.29, 0.717) is 18.2 Å². The van der Waals surface area contributed by atoms with E-state index in [-0.39, 0.29) is 11.3 Å². The van der Waals surface area contributed by atoms with Crippen molar-refractivity contribution in [3.05, 3.63) is 72.7 Å². The molecule has 196 valence electrons. The number of anilines is 1. The fraction of sp³-hybridized carbons (Fsp3) is 0.222. The van der Waals surface area contributed by atoms with Crippen LogP contribution in [0.25, 0.3) is 22.2 Å². The Hall–Kier alpha value is -4.54. The first-order chi connectivity index (χ1) is 17.8. The number of ether oxygens (including phenoxy) is 1. The summed E-state index contributed by atoms with van der Waals surface area (Å²) in [5, 5.41) is 8.18. The molecule has 38 heavy (non-hydrogen) atoms. The van der Waals surface area contributed by atoms with Gasteiger partial charge in [0.2, 0.25) is 11.8 Å². The highest BCUT2D eigenvalue weighted by Gasteiger charge is 2.38.